The molecule has 0 saturated carbocycles. The van der Waals surface area contributed by atoms with Crippen molar-refractivity contribution >= 4 is 11.9 Å². The zero-order valence-electron chi connectivity index (χ0n) is 13.3. The van der Waals surface area contributed by atoms with Gasteiger partial charge in [-0.15, -0.1) is 0 Å². The van der Waals surface area contributed by atoms with Crippen LogP contribution >= 0.6 is 0 Å². The highest BCUT2D eigenvalue weighted by atomic mass is 16.4. The van der Waals surface area contributed by atoms with Crippen LogP contribution in [0, 0.1) is 6.92 Å². The van der Waals surface area contributed by atoms with Gasteiger partial charge in [-0.25, -0.2) is 0 Å². The molecule has 0 unspecified atom stereocenters. The van der Waals surface area contributed by atoms with Crippen LogP contribution in [-0.2, 0) is 23.1 Å². The van der Waals surface area contributed by atoms with Gasteiger partial charge in [-0.05, 0) is 24.5 Å². The van der Waals surface area contributed by atoms with Crippen molar-refractivity contribution in [3.05, 3.63) is 53.3 Å². The molecule has 0 spiro atoms. The number of aromatic nitrogens is 2. The summed E-state index contributed by atoms with van der Waals surface area (Å²) in [5, 5.41) is 15.9. The molecule has 1 amide bonds. The van der Waals surface area contributed by atoms with Gasteiger partial charge >= 0.3 is 5.97 Å². The van der Waals surface area contributed by atoms with Crippen molar-refractivity contribution in [2.24, 2.45) is 7.05 Å². The van der Waals surface area contributed by atoms with Gasteiger partial charge in [0, 0.05) is 19.7 Å². The molecule has 0 bridgehead atoms. The van der Waals surface area contributed by atoms with Crippen molar-refractivity contribution < 1.29 is 14.7 Å². The summed E-state index contributed by atoms with van der Waals surface area (Å²) in [4.78, 5) is 23.2. The van der Waals surface area contributed by atoms with Crippen LogP contribution in [-0.4, -0.2) is 26.8 Å². The van der Waals surface area contributed by atoms with E-state index in [0.29, 0.717) is 12.8 Å². The van der Waals surface area contributed by atoms with E-state index in [1.165, 1.54) is 0 Å². The zero-order chi connectivity index (χ0) is 16.8. The highest BCUT2D eigenvalue weighted by Crippen LogP contribution is 2.18. The number of carbonyl (C=O) groups is 2. The molecule has 122 valence electrons. The first-order valence-corrected chi connectivity index (χ1v) is 7.49. The van der Waals surface area contributed by atoms with Gasteiger partial charge < -0.3 is 10.4 Å². The fraction of sp³-hybridized carbons (Fsp3) is 0.353. The molecule has 0 radical (unpaired) electrons. The maximum atomic E-state index is 12.1. The van der Waals surface area contributed by atoms with Crippen molar-refractivity contribution in [3.8, 4) is 0 Å². The molecule has 6 nitrogen and oxygen atoms in total. The van der Waals surface area contributed by atoms with E-state index in [1.54, 1.807) is 10.9 Å². The second-order valence-corrected chi connectivity index (χ2v) is 5.65. The number of aliphatic carboxylic acids is 1. The van der Waals surface area contributed by atoms with Crippen LogP contribution in [0.3, 0.4) is 0 Å². The maximum absolute atomic E-state index is 12.1. The predicted octanol–water partition coefficient (Wildman–Crippen LogP) is 1.99. The van der Waals surface area contributed by atoms with Crippen LogP contribution in [0.5, 0.6) is 0 Å². The number of aryl methyl sites for hydroxylation is 3. The Morgan fingerprint density at radius 3 is 2.57 bits per heavy atom. The summed E-state index contributed by atoms with van der Waals surface area (Å²) in [6.45, 7) is 1.96. The first kappa shape index (κ1) is 16.7. The average molecular weight is 315 g/mol. The molecule has 2 rings (SSSR count). The third kappa shape index (κ3) is 5.25. The normalized spacial score (nSPS) is 11.9. The lowest BCUT2D eigenvalue weighted by atomic mass is 10.0. The first-order valence-electron chi connectivity index (χ1n) is 7.49. The number of carboxylic acid groups (broad SMARTS) is 1. The number of carboxylic acids is 1. The van der Waals surface area contributed by atoms with Gasteiger partial charge in [-0.3, -0.25) is 14.3 Å². The fourth-order valence-electron chi connectivity index (χ4n) is 2.35. The Bertz CT molecular complexity index is 677. The SMILES string of the molecule is Cc1ccc([C@H](CC(=O)O)NC(=O)CCc2cnn(C)c2)cc1. The van der Waals surface area contributed by atoms with E-state index in [0.717, 1.165) is 16.7 Å². The minimum absolute atomic E-state index is 0.137. The molecule has 2 aromatic rings. The van der Waals surface area contributed by atoms with E-state index in [1.807, 2.05) is 44.4 Å². The van der Waals surface area contributed by atoms with E-state index >= 15 is 0 Å². The van der Waals surface area contributed by atoms with Crippen molar-refractivity contribution in [1.29, 1.82) is 0 Å². The summed E-state index contributed by atoms with van der Waals surface area (Å²) in [6.07, 6.45) is 4.33. The molecule has 0 fully saturated rings. The number of hydrogen-bond acceptors (Lipinski definition) is 3. The largest absolute Gasteiger partial charge is 0.481 e. The summed E-state index contributed by atoms with van der Waals surface area (Å²) in [6, 6.07) is 7.00. The number of amides is 1. The number of carbonyl (C=O) groups excluding carboxylic acids is 1. The fourth-order valence-corrected chi connectivity index (χ4v) is 2.35. The van der Waals surface area contributed by atoms with Crippen molar-refractivity contribution in [1.82, 2.24) is 15.1 Å². The third-order valence-electron chi connectivity index (χ3n) is 3.59. The topological polar surface area (TPSA) is 84.2 Å². The Morgan fingerprint density at radius 1 is 1.30 bits per heavy atom. The summed E-state index contributed by atoms with van der Waals surface area (Å²) in [5.41, 5.74) is 2.87. The molecule has 0 aliphatic rings. The molecule has 0 saturated heterocycles. The smallest absolute Gasteiger partial charge is 0.305 e. The third-order valence-corrected chi connectivity index (χ3v) is 3.59. The van der Waals surface area contributed by atoms with Crippen LogP contribution in [0.4, 0.5) is 0 Å². The molecule has 1 aromatic carbocycles. The summed E-state index contributed by atoms with van der Waals surface area (Å²) >= 11 is 0. The van der Waals surface area contributed by atoms with Gasteiger partial charge in [0.2, 0.25) is 5.91 Å². The summed E-state index contributed by atoms with van der Waals surface area (Å²) < 4.78 is 1.69. The van der Waals surface area contributed by atoms with Crippen molar-refractivity contribution in [2.45, 2.75) is 32.2 Å². The second kappa shape index (κ2) is 7.58. The molecule has 1 heterocycles. The highest BCUT2D eigenvalue weighted by Gasteiger charge is 2.18. The lowest BCUT2D eigenvalue weighted by molar-refractivity contribution is -0.137. The van der Waals surface area contributed by atoms with Crippen LogP contribution in [0.2, 0.25) is 0 Å². The molecule has 1 aromatic heterocycles. The Balaban J connectivity index is 1.97. The van der Waals surface area contributed by atoms with E-state index in [9.17, 15) is 9.59 Å². The van der Waals surface area contributed by atoms with Gasteiger partial charge in [0.05, 0.1) is 18.7 Å². The van der Waals surface area contributed by atoms with Gasteiger partial charge in [-0.2, -0.15) is 5.10 Å². The van der Waals surface area contributed by atoms with Crippen LogP contribution in [0.25, 0.3) is 0 Å². The molecular formula is C17H21N3O3. The maximum Gasteiger partial charge on any atom is 0.305 e. The Morgan fingerprint density at radius 2 is 2.00 bits per heavy atom. The van der Waals surface area contributed by atoms with Crippen LogP contribution in [0.15, 0.2) is 36.7 Å². The number of nitrogens with one attached hydrogen (secondary N) is 1. The van der Waals surface area contributed by atoms with E-state index in [4.69, 9.17) is 5.11 Å². The second-order valence-electron chi connectivity index (χ2n) is 5.65. The Kier molecular flexibility index (Phi) is 5.51. The number of rotatable bonds is 7. The monoisotopic (exact) mass is 315 g/mol. The van der Waals surface area contributed by atoms with Gasteiger partial charge in [-0.1, -0.05) is 29.8 Å². The van der Waals surface area contributed by atoms with E-state index in [-0.39, 0.29) is 12.3 Å². The number of benzene rings is 1. The first-order chi connectivity index (χ1) is 10.9. The summed E-state index contributed by atoms with van der Waals surface area (Å²) in [5.74, 6) is -1.11. The number of nitrogens with zero attached hydrogens (tertiary/aromatic N) is 2. The Hall–Kier alpha value is -2.63. The predicted molar refractivity (Wildman–Crippen MR) is 85.8 cm³/mol. The summed E-state index contributed by atoms with van der Waals surface area (Å²) in [7, 11) is 1.82. The minimum Gasteiger partial charge on any atom is -0.481 e. The standard InChI is InChI=1S/C17H21N3O3/c1-12-3-6-14(7-4-12)15(9-17(22)23)19-16(21)8-5-13-10-18-20(2)11-13/h3-4,6-7,10-11,15H,5,8-9H2,1-2H3,(H,19,21)(H,22,23)/t15-/m0/s1. The number of hydrogen-bond donors (Lipinski definition) is 2. The molecule has 0 aliphatic carbocycles. The molecule has 0 aliphatic heterocycles. The van der Waals surface area contributed by atoms with Crippen molar-refractivity contribution in [2.75, 3.05) is 0 Å². The average Bonchev–Trinajstić information content (AvgIpc) is 2.90. The Labute approximate surface area is 135 Å². The minimum atomic E-state index is -0.942. The van der Waals surface area contributed by atoms with Crippen LogP contribution in [0.1, 0.15) is 35.6 Å². The molecule has 1 atom stereocenters. The van der Waals surface area contributed by atoms with Crippen molar-refractivity contribution in [3.63, 3.8) is 0 Å². The van der Waals surface area contributed by atoms with E-state index < -0.39 is 12.0 Å². The van der Waals surface area contributed by atoms with Crippen LogP contribution < -0.4 is 5.32 Å². The van der Waals surface area contributed by atoms with Gasteiger partial charge in [0.15, 0.2) is 0 Å². The molecular weight excluding hydrogens is 294 g/mol. The van der Waals surface area contributed by atoms with Gasteiger partial charge in [0.1, 0.15) is 0 Å². The quantitative estimate of drug-likeness (QED) is 0.818. The van der Waals surface area contributed by atoms with E-state index in [2.05, 4.69) is 10.4 Å². The molecule has 6 heteroatoms. The van der Waals surface area contributed by atoms with Gasteiger partial charge in [0.25, 0.3) is 0 Å². The lowest BCUT2D eigenvalue weighted by Crippen LogP contribution is -2.30. The highest BCUT2D eigenvalue weighted by molar-refractivity contribution is 5.78. The lowest BCUT2D eigenvalue weighted by Gasteiger charge is -2.17. The zero-order valence-corrected chi connectivity index (χ0v) is 13.3. The molecule has 2 N–H and O–H groups in total. The molecule has 23 heavy (non-hydrogen) atoms.